The first-order valence-corrected chi connectivity index (χ1v) is 9.03. The minimum Gasteiger partial charge on any atom is -0.493 e. The van der Waals surface area contributed by atoms with E-state index in [1.165, 1.54) is 0 Å². The Hall–Kier alpha value is -3.06. The van der Waals surface area contributed by atoms with Crippen LogP contribution >= 0.6 is 11.6 Å². The van der Waals surface area contributed by atoms with Crippen molar-refractivity contribution in [3.8, 4) is 22.9 Å². The molecule has 146 valence electrons. The van der Waals surface area contributed by atoms with Crippen LogP contribution in [0.15, 0.2) is 47.0 Å². The number of carbonyl (C=O) groups excluding carboxylic acids is 1. The van der Waals surface area contributed by atoms with E-state index in [1.54, 1.807) is 32.4 Å². The van der Waals surface area contributed by atoms with Gasteiger partial charge in [0.05, 0.1) is 14.2 Å². The molecule has 0 saturated carbocycles. The van der Waals surface area contributed by atoms with Crippen LogP contribution < -0.4 is 14.8 Å². The molecule has 0 spiro atoms. The van der Waals surface area contributed by atoms with Gasteiger partial charge in [-0.2, -0.15) is 4.98 Å². The molecule has 7 nitrogen and oxygen atoms in total. The molecule has 3 rings (SSSR count). The number of carbonyl (C=O) groups is 1. The number of methoxy groups -OCH3 is 2. The summed E-state index contributed by atoms with van der Waals surface area (Å²) in [4.78, 5) is 16.4. The maximum atomic E-state index is 12.0. The Kier molecular flexibility index (Phi) is 6.49. The van der Waals surface area contributed by atoms with E-state index in [4.69, 9.17) is 25.6 Å². The monoisotopic (exact) mass is 401 g/mol. The minimum atomic E-state index is -0.106. The van der Waals surface area contributed by atoms with E-state index in [0.717, 1.165) is 11.1 Å². The highest BCUT2D eigenvalue weighted by Crippen LogP contribution is 2.31. The van der Waals surface area contributed by atoms with Crippen molar-refractivity contribution in [3.63, 3.8) is 0 Å². The van der Waals surface area contributed by atoms with Crippen LogP contribution in [-0.2, 0) is 17.8 Å². The Morgan fingerprint density at radius 2 is 1.96 bits per heavy atom. The quantitative estimate of drug-likeness (QED) is 0.620. The fraction of sp³-hybridized carbons (Fsp3) is 0.250. The molecule has 0 atom stereocenters. The van der Waals surface area contributed by atoms with Gasteiger partial charge < -0.3 is 19.3 Å². The van der Waals surface area contributed by atoms with Gasteiger partial charge in [0, 0.05) is 30.0 Å². The molecule has 0 fully saturated rings. The van der Waals surface area contributed by atoms with E-state index < -0.39 is 0 Å². The summed E-state index contributed by atoms with van der Waals surface area (Å²) in [6.07, 6.45) is 0.593. The third-order valence-electron chi connectivity index (χ3n) is 4.05. The number of benzene rings is 2. The SMILES string of the molecule is COc1ccc(-c2noc(CCC(=O)NCc3cccc(Cl)c3)n2)cc1OC. The maximum absolute atomic E-state index is 12.0. The maximum Gasteiger partial charge on any atom is 0.227 e. The second-order valence-electron chi connectivity index (χ2n) is 5.99. The number of nitrogens with one attached hydrogen (secondary N) is 1. The topological polar surface area (TPSA) is 86.5 Å². The smallest absolute Gasteiger partial charge is 0.227 e. The molecule has 3 aromatic rings. The van der Waals surface area contributed by atoms with Gasteiger partial charge in [-0.15, -0.1) is 0 Å². The van der Waals surface area contributed by atoms with Crippen molar-refractivity contribution in [2.75, 3.05) is 14.2 Å². The highest BCUT2D eigenvalue weighted by Gasteiger charge is 2.13. The molecule has 0 radical (unpaired) electrons. The van der Waals surface area contributed by atoms with Crippen molar-refractivity contribution < 1.29 is 18.8 Å². The Morgan fingerprint density at radius 3 is 2.71 bits per heavy atom. The van der Waals surface area contributed by atoms with Crippen molar-refractivity contribution in [1.82, 2.24) is 15.5 Å². The zero-order valence-corrected chi connectivity index (χ0v) is 16.3. The summed E-state index contributed by atoms with van der Waals surface area (Å²) in [6, 6.07) is 12.7. The number of ether oxygens (including phenoxy) is 2. The number of nitrogens with zero attached hydrogens (tertiary/aromatic N) is 2. The van der Waals surface area contributed by atoms with Gasteiger partial charge in [0.2, 0.25) is 17.6 Å². The first kappa shape index (κ1) is 19.7. The average Bonchev–Trinajstić information content (AvgIpc) is 3.19. The second-order valence-corrected chi connectivity index (χ2v) is 6.42. The van der Waals surface area contributed by atoms with E-state index in [0.29, 0.717) is 41.2 Å². The van der Waals surface area contributed by atoms with Crippen LogP contribution in [0.5, 0.6) is 11.5 Å². The lowest BCUT2D eigenvalue weighted by molar-refractivity contribution is -0.121. The Labute approximate surface area is 167 Å². The van der Waals surface area contributed by atoms with Crippen molar-refractivity contribution in [2.24, 2.45) is 0 Å². The first-order valence-electron chi connectivity index (χ1n) is 8.65. The van der Waals surface area contributed by atoms with E-state index >= 15 is 0 Å². The zero-order chi connectivity index (χ0) is 19.9. The fourth-order valence-electron chi connectivity index (χ4n) is 2.61. The summed E-state index contributed by atoms with van der Waals surface area (Å²) < 4.78 is 15.7. The molecule has 0 saturated heterocycles. The highest BCUT2D eigenvalue weighted by molar-refractivity contribution is 6.30. The van der Waals surface area contributed by atoms with Gasteiger partial charge in [0.1, 0.15) is 0 Å². The van der Waals surface area contributed by atoms with Crippen molar-refractivity contribution >= 4 is 17.5 Å². The fourth-order valence-corrected chi connectivity index (χ4v) is 2.82. The molecule has 1 aromatic heterocycles. The lowest BCUT2D eigenvalue weighted by Gasteiger charge is -2.07. The molecule has 1 N–H and O–H groups in total. The van der Waals surface area contributed by atoms with E-state index in [9.17, 15) is 4.79 Å². The largest absolute Gasteiger partial charge is 0.493 e. The number of rotatable bonds is 8. The summed E-state index contributed by atoms with van der Waals surface area (Å²) in [5.41, 5.74) is 1.67. The summed E-state index contributed by atoms with van der Waals surface area (Å²) in [5, 5.41) is 7.45. The van der Waals surface area contributed by atoms with E-state index in [1.807, 2.05) is 24.3 Å². The molecule has 1 heterocycles. The summed E-state index contributed by atoms with van der Waals surface area (Å²) in [5.74, 6) is 1.90. The van der Waals surface area contributed by atoms with Crippen molar-refractivity contribution in [3.05, 3.63) is 58.9 Å². The lowest BCUT2D eigenvalue weighted by Crippen LogP contribution is -2.23. The van der Waals surface area contributed by atoms with Gasteiger partial charge in [0.25, 0.3) is 0 Å². The predicted molar refractivity (Wildman–Crippen MR) is 104 cm³/mol. The van der Waals surface area contributed by atoms with Crippen molar-refractivity contribution in [2.45, 2.75) is 19.4 Å². The van der Waals surface area contributed by atoms with E-state index in [2.05, 4.69) is 15.5 Å². The van der Waals surface area contributed by atoms with Crippen LogP contribution in [0.2, 0.25) is 5.02 Å². The Balaban J connectivity index is 1.55. The van der Waals surface area contributed by atoms with Crippen LogP contribution in [-0.4, -0.2) is 30.3 Å². The molecular weight excluding hydrogens is 382 g/mol. The molecule has 0 aliphatic heterocycles. The summed E-state index contributed by atoms with van der Waals surface area (Å²) >= 11 is 5.93. The van der Waals surface area contributed by atoms with Crippen LogP contribution in [0.3, 0.4) is 0 Å². The Bertz CT molecular complexity index is 958. The van der Waals surface area contributed by atoms with Crippen LogP contribution in [0, 0.1) is 0 Å². The number of hydrogen-bond acceptors (Lipinski definition) is 6. The van der Waals surface area contributed by atoms with Gasteiger partial charge in [0.15, 0.2) is 11.5 Å². The molecule has 0 aliphatic rings. The summed E-state index contributed by atoms with van der Waals surface area (Å²) in [7, 11) is 3.13. The molecule has 0 aliphatic carbocycles. The van der Waals surface area contributed by atoms with Gasteiger partial charge in [-0.25, -0.2) is 0 Å². The first-order chi connectivity index (χ1) is 13.6. The second kappa shape index (κ2) is 9.23. The zero-order valence-electron chi connectivity index (χ0n) is 15.6. The molecular formula is C20H20ClN3O4. The third-order valence-corrected chi connectivity index (χ3v) is 4.29. The van der Waals surface area contributed by atoms with Gasteiger partial charge in [-0.05, 0) is 35.9 Å². The van der Waals surface area contributed by atoms with E-state index in [-0.39, 0.29) is 12.3 Å². The number of aromatic nitrogens is 2. The molecule has 8 heteroatoms. The van der Waals surface area contributed by atoms with Crippen LogP contribution in [0.1, 0.15) is 17.9 Å². The van der Waals surface area contributed by atoms with Gasteiger partial charge in [-0.1, -0.05) is 28.9 Å². The molecule has 1 amide bonds. The third kappa shape index (κ3) is 5.01. The number of aryl methyl sites for hydroxylation is 1. The predicted octanol–water partition coefficient (Wildman–Crippen LogP) is 3.66. The molecule has 2 aromatic carbocycles. The lowest BCUT2D eigenvalue weighted by atomic mass is 10.2. The highest BCUT2D eigenvalue weighted by atomic mass is 35.5. The number of halogens is 1. The molecule has 0 bridgehead atoms. The standard InChI is InChI=1S/C20H20ClN3O4/c1-26-16-7-6-14(11-17(16)27-2)20-23-19(28-24-20)9-8-18(25)22-12-13-4-3-5-15(21)10-13/h3-7,10-11H,8-9,12H2,1-2H3,(H,22,25). The number of amides is 1. The van der Waals surface area contributed by atoms with Crippen LogP contribution in [0.25, 0.3) is 11.4 Å². The average molecular weight is 402 g/mol. The molecule has 0 unspecified atom stereocenters. The van der Waals surface area contributed by atoms with Gasteiger partial charge >= 0.3 is 0 Å². The summed E-state index contributed by atoms with van der Waals surface area (Å²) in [6.45, 7) is 0.417. The Morgan fingerprint density at radius 1 is 1.14 bits per heavy atom. The van der Waals surface area contributed by atoms with Crippen LogP contribution in [0.4, 0.5) is 0 Å². The molecule has 28 heavy (non-hydrogen) atoms. The van der Waals surface area contributed by atoms with Crippen molar-refractivity contribution in [1.29, 1.82) is 0 Å². The number of hydrogen-bond donors (Lipinski definition) is 1. The van der Waals surface area contributed by atoms with Gasteiger partial charge in [-0.3, -0.25) is 4.79 Å². The minimum absolute atomic E-state index is 0.106. The normalized spacial score (nSPS) is 10.5.